The third-order valence-corrected chi connectivity index (χ3v) is 8.31. The van der Waals surface area contributed by atoms with Crippen LogP contribution < -0.4 is 0 Å². The lowest BCUT2D eigenvalue weighted by molar-refractivity contribution is 0.376. The van der Waals surface area contributed by atoms with Crippen LogP contribution in [-0.4, -0.2) is 4.98 Å². The van der Waals surface area contributed by atoms with Gasteiger partial charge in [-0.3, -0.25) is 4.98 Å². The summed E-state index contributed by atoms with van der Waals surface area (Å²) in [6.07, 6.45) is 5.89. The van der Waals surface area contributed by atoms with Crippen molar-refractivity contribution in [3.8, 4) is 22.4 Å². The van der Waals surface area contributed by atoms with Gasteiger partial charge in [0, 0.05) is 16.6 Å². The van der Waals surface area contributed by atoms with Crippen LogP contribution in [-0.2, 0) is 12.8 Å². The minimum absolute atomic E-state index is 0.437. The van der Waals surface area contributed by atoms with Gasteiger partial charge in [0.05, 0.1) is 5.69 Å². The van der Waals surface area contributed by atoms with Crippen LogP contribution in [0.1, 0.15) is 80.8 Å². The molecule has 2 aliphatic rings. The summed E-state index contributed by atoms with van der Waals surface area (Å²) in [7, 11) is 0. The Hall–Kier alpha value is -2.93. The average Bonchev–Trinajstić information content (AvgIpc) is 3.37. The average molecular weight is 460 g/mol. The molecule has 0 amide bonds. The molecule has 35 heavy (non-hydrogen) atoms. The summed E-state index contributed by atoms with van der Waals surface area (Å²) < 4.78 is 0. The third kappa shape index (κ3) is 3.99. The van der Waals surface area contributed by atoms with Gasteiger partial charge in [0.15, 0.2) is 0 Å². The summed E-state index contributed by atoms with van der Waals surface area (Å²) in [6.45, 7) is 11.7. The second-order valence-electron chi connectivity index (χ2n) is 12.3. The molecule has 1 aromatic heterocycles. The van der Waals surface area contributed by atoms with Crippen LogP contribution >= 0.6 is 0 Å². The number of hydrogen-bond donors (Lipinski definition) is 0. The first-order valence-electron chi connectivity index (χ1n) is 13.4. The summed E-state index contributed by atoms with van der Waals surface area (Å²) in [5.74, 6) is 1.22. The van der Waals surface area contributed by atoms with E-state index in [2.05, 4.69) is 95.3 Å². The standard InChI is InChI=1S/C34H37N/c1-21(2)15-25-19-31-27(24-13-14-34(4,5)20-24)11-8-12-28(31)33(35-25)32-17-22(3)16-29-26-10-7-6-9-23(26)18-30(29)32/h6-12,16-17,19,21,24H,13-15,18,20H2,1-5H3. The van der Waals surface area contributed by atoms with E-state index in [0.717, 1.165) is 12.8 Å². The van der Waals surface area contributed by atoms with Crippen LogP contribution in [0.5, 0.6) is 0 Å². The number of aryl methyl sites for hydroxylation is 1. The van der Waals surface area contributed by atoms with Crippen LogP contribution in [0.15, 0.2) is 60.7 Å². The molecule has 1 unspecified atom stereocenters. The Morgan fingerprint density at radius 2 is 1.71 bits per heavy atom. The highest BCUT2D eigenvalue weighted by Crippen LogP contribution is 2.49. The van der Waals surface area contributed by atoms with Gasteiger partial charge >= 0.3 is 0 Å². The third-order valence-electron chi connectivity index (χ3n) is 8.31. The zero-order chi connectivity index (χ0) is 24.3. The number of aromatic nitrogens is 1. The Bertz CT molecular complexity index is 1440. The van der Waals surface area contributed by atoms with Gasteiger partial charge < -0.3 is 0 Å². The number of hydrogen-bond acceptors (Lipinski definition) is 1. The second kappa shape index (κ2) is 8.33. The Labute approximate surface area is 210 Å². The predicted molar refractivity (Wildman–Crippen MR) is 149 cm³/mol. The normalized spacial score (nSPS) is 18.3. The SMILES string of the molecule is Cc1cc2c(c(-c3nc(CC(C)C)cc4c(C5CCC(C)(C)C5)cccc34)c1)Cc1ccccc1-2. The molecule has 1 saturated carbocycles. The molecule has 0 radical (unpaired) electrons. The van der Waals surface area contributed by atoms with Gasteiger partial charge in [-0.2, -0.15) is 0 Å². The number of benzene rings is 3. The maximum Gasteiger partial charge on any atom is 0.0786 e. The fourth-order valence-electron chi connectivity index (χ4n) is 6.73. The van der Waals surface area contributed by atoms with Crippen molar-refractivity contribution in [3.05, 3.63) is 88.6 Å². The van der Waals surface area contributed by atoms with Crippen molar-refractivity contribution in [2.24, 2.45) is 11.3 Å². The Kier molecular flexibility index (Phi) is 5.36. The number of nitrogens with zero attached hydrogens (tertiary/aromatic N) is 1. The molecule has 0 bridgehead atoms. The van der Waals surface area contributed by atoms with Gasteiger partial charge in [-0.15, -0.1) is 0 Å². The summed E-state index contributed by atoms with van der Waals surface area (Å²) >= 11 is 0. The lowest BCUT2D eigenvalue weighted by Crippen LogP contribution is -2.06. The van der Waals surface area contributed by atoms with Crippen molar-refractivity contribution in [3.63, 3.8) is 0 Å². The summed E-state index contributed by atoms with van der Waals surface area (Å²) in [5.41, 5.74) is 12.7. The number of rotatable bonds is 4. The molecule has 178 valence electrons. The highest BCUT2D eigenvalue weighted by molar-refractivity contribution is 5.99. The lowest BCUT2D eigenvalue weighted by atomic mass is 9.85. The Balaban J connectivity index is 1.59. The van der Waals surface area contributed by atoms with E-state index in [4.69, 9.17) is 4.98 Å². The van der Waals surface area contributed by atoms with Crippen LogP contribution in [0.4, 0.5) is 0 Å². The Morgan fingerprint density at radius 1 is 0.914 bits per heavy atom. The summed E-state index contributed by atoms with van der Waals surface area (Å²) in [5, 5.41) is 2.75. The van der Waals surface area contributed by atoms with Crippen molar-refractivity contribution < 1.29 is 0 Å². The van der Waals surface area contributed by atoms with Gasteiger partial charge in [-0.1, -0.05) is 76.2 Å². The molecule has 1 heteroatoms. The summed E-state index contributed by atoms with van der Waals surface area (Å²) in [4.78, 5) is 5.39. The smallest absolute Gasteiger partial charge is 0.0786 e. The zero-order valence-corrected chi connectivity index (χ0v) is 21.9. The van der Waals surface area contributed by atoms with Gasteiger partial charge in [0.1, 0.15) is 0 Å². The lowest BCUT2D eigenvalue weighted by Gasteiger charge is -2.20. The molecule has 0 spiro atoms. The first-order valence-corrected chi connectivity index (χ1v) is 13.4. The van der Waals surface area contributed by atoms with Gasteiger partial charge in [0.25, 0.3) is 0 Å². The van der Waals surface area contributed by atoms with E-state index < -0.39 is 0 Å². The zero-order valence-electron chi connectivity index (χ0n) is 21.9. The van der Waals surface area contributed by atoms with Crippen LogP contribution in [0.3, 0.4) is 0 Å². The molecular weight excluding hydrogens is 422 g/mol. The molecular formula is C34H37N. The molecule has 0 saturated heterocycles. The van der Waals surface area contributed by atoms with E-state index in [1.807, 2.05) is 0 Å². The van der Waals surface area contributed by atoms with E-state index in [9.17, 15) is 0 Å². The quantitative estimate of drug-likeness (QED) is 0.261. The highest BCUT2D eigenvalue weighted by atomic mass is 14.7. The van der Waals surface area contributed by atoms with Crippen molar-refractivity contribution in [1.82, 2.24) is 4.98 Å². The van der Waals surface area contributed by atoms with Crippen molar-refractivity contribution in [2.75, 3.05) is 0 Å². The number of fused-ring (bicyclic) bond motifs is 4. The largest absolute Gasteiger partial charge is 0.252 e. The molecule has 1 heterocycles. The minimum atomic E-state index is 0.437. The fraction of sp³-hybridized carbons (Fsp3) is 0.382. The predicted octanol–water partition coefficient (Wildman–Crippen LogP) is 9.27. The molecule has 0 N–H and O–H groups in total. The van der Waals surface area contributed by atoms with E-state index >= 15 is 0 Å². The molecule has 2 aliphatic carbocycles. The molecule has 4 aromatic rings. The summed E-state index contributed by atoms with van der Waals surface area (Å²) in [6, 6.07) is 23.1. The highest BCUT2D eigenvalue weighted by Gasteiger charge is 2.33. The topological polar surface area (TPSA) is 12.9 Å². The maximum atomic E-state index is 5.39. The first-order chi connectivity index (χ1) is 16.8. The molecule has 0 aliphatic heterocycles. The van der Waals surface area contributed by atoms with Gasteiger partial charge in [-0.05, 0) is 107 Å². The van der Waals surface area contributed by atoms with E-state index in [1.54, 1.807) is 0 Å². The fourth-order valence-corrected chi connectivity index (χ4v) is 6.73. The van der Waals surface area contributed by atoms with Gasteiger partial charge in [-0.25, -0.2) is 0 Å². The second-order valence-corrected chi connectivity index (χ2v) is 12.3. The van der Waals surface area contributed by atoms with Crippen LogP contribution in [0.2, 0.25) is 0 Å². The molecule has 3 aromatic carbocycles. The van der Waals surface area contributed by atoms with Crippen molar-refractivity contribution in [2.45, 2.75) is 72.6 Å². The van der Waals surface area contributed by atoms with Crippen molar-refractivity contribution >= 4 is 10.8 Å². The molecule has 1 fully saturated rings. The monoisotopic (exact) mass is 459 g/mol. The molecule has 1 atom stereocenters. The van der Waals surface area contributed by atoms with E-state index in [0.29, 0.717) is 17.3 Å². The van der Waals surface area contributed by atoms with E-state index in [-0.39, 0.29) is 0 Å². The van der Waals surface area contributed by atoms with E-state index in [1.165, 1.54) is 80.4 Å². The first kappa shape index (κ1) is 22.5. The van der Waals surface area contributed by atoms with Crippen LogP contribution in [0.25, 0.3) is 33.2 Å². The van der Waals surface area contributed by atoms with Gasteiger partial charge in [0.2, 0.25) is 0 Å². The van der Waals surface area contributed by atoms with Crippen molar-refractivity contribution in [1.29, 1.82) is 0 Å². The molecule has 6 rings (SSSR count). The Morgan fingerprint density at radius 3 is 2.49 bits per heavy atom. The van der Waals surface area contributed by atoms with Crippen LogP contribution in [0, 0.1) is 18.3 Å². The number of pyridine rings is 1. The maximum absolute atomic E-state index is 5.39. The minimum Gasteiger partial charge on any atom is -0.252 e. The molecule has 1 nitrogen and oxygen atoms in total.